The average Bonchev–Trinajstić information content (AvgIpc) is 3.16. The number of benzene rings is 1. The van der Waals surface area contributed by atoms with Gasteiger partial charge in [0.05, 0.1) is 28.3 Å². The molecule has 1 N–H and O–H groups in total. The Morgan fingerprint density at radius 2 is 2.24 bits per heavy atom. The molecule has 1 fully saturated rings. The molecule has 4 nitrogen and oxygen atoms in total. The molecule has 0 spiro atoms. The molecule has 3 aromatic rings. The number of aromatic nitrogens is 3. The van der Waals surface area contributed by atoms with Crippen molar-refractivity contribution in [2.45, 2.75) is 31.8 Å². The van der Waals surface area contributed by atoms with Gasteiger partial charge in [0, 0.05) is 11.9 Å². The van der Waals surface area contributed by atoms with Crippen LogP contribution in [-0.4, -0.2) is 26.4 Å². The van der Waals surface area contributed by atoms with Gasteiger partial charge in [0.2, 0.25) is 0 Å². The van der Waals surface area contributed by atoms with Gasteiger partial charge in [-0.2, -0.15) is 0 Å². The van der Waals surface area contributed by atoms with E-state index in [-0.39, 0.29) is 0 Å². The first-order chi connectivity index (χ1) is 10.4. The van der Waals surface area contributed by atoms with E-state index in [0.717, 1.165) is 29.9 Å². The summed E-state index contributed by atoms with van der Waals surface area (Å²) in [6.07, 6.45) is 3.71. The largest absolute Gasteiger partial charge is 0.341 e. The molecule has 3 heterocycles. The van der Waals surface area contributed by atoms with Gasteiger partial charge in [-0.15, -0.1) is 11.3 Å². The number of rotatable bonds is 3. The van der Waals surface area contributed by atoms with Crippen molar-refractivity contribution in [3.63, 3.8) is 0 Å². The third kappa shape index (κ3) is 2.59. The van der Waals surface area contributed by atoms with Gasteiger partial charge in [-0.05, 0) is 31.5 Å². The molecular formula is C16H18N4S. The Morgan fingerprint density at radius 1 is 1.29 bits per heavy atom. The lowest BCUT2D eigenvalue weighted by molar-refractivity contribution is 0.133. The number of H-pyrrole nitrogens is 1. The summed E-state index contributed by atoms with van der Waals surface area (Å²) in [7, 11) is 0. The van der Waals surface area contributed by atoms with Crippen molar-refractivity contribution in [2.24, 2.45) is 0 Å². The Balaban J connectivity index is 1.63. The van der Waals surface area contributed by atoms with Crippen LogP contribution in [0.1, 0.15) is 36.8 Å². The average molecular weight is 298 g/mol. The topological polar surface area (TPSA) is 44.8 Å². The molecule has 1 atom stereocenters. The molecule has 5 heteroatoms. The molecule has 21 heavy (non-hydrogen) atoms. The number of piperidine rings is 1. The Kier molecular flexibility index (Phi) is 3.45. The number of thiazole rings is 1. The minimum atomic E-state index is 0.382. The lowest BCUT2D eigenvalue weighted by atomic mass is 10.0. The maximum absolute atomic E-state index is 4.80. The third-order valence-electron chi connectivity index (χ3n) is 4.19. The Bertz CT molecular complexity index is 686. The van der Waals surface area contributed by atoms with Gasteiger partial charge in [-0.25, -0.2) is 9.97 Å². The molecule has 0 bridgehead atoms. The fourth-order valence-electron chi connectivity index (χ4n) is 3.14. The number of para-hydroxylation sites is 2. The Labute approximate surface area is 127 Å². The van der Waals surface area contributed by atoms with E-state index in [1.54, 1.807) is 11.3 Å². The van der Waals surface area contributed by atoms with E-state index in [9.17, 15) is 0 Å². The van der Waals surface area contributed by atoms with Gasteiger partial charge in [0.1, 0.15) is 5.82 Å². The van der Waals surface area contributed by atoms with Crippen molar-refractivity contribution < 1.29 is 0 Å². The van der Waals surface area contributed by atoms with Crippen molar-refractivity contribution >= 4 is 22.4 Å². The highest BCUT2D eigenvalue weighted by Gasteiger charge is 2.26. The van der Waals surface area contributed by atoms with Crippen molar-refractivity contribution in [3.8, 4) is 0 Å². The molecule has 1 aromatic carbocycles. The number of likely N-dealkylation sites (tertiary alicyclic amines) is 1. The highest BCUT2D eigenvalue weighted by molar-refractivity contribution is 7.07. The van der Waals surface area contributed by atoms with E-state index in [1.807, 2.05) is 11.6 Å². The van der Waals surface area contributed by atoms with Gasteiger partial charge in [0.15, 0.2) is 0 Å². The van der Waals surface area contributed by atoms with E-state index >= 15 is 0 Å². The lowest BCUT2D eigenvalue weighted by Gasteiger charge is -2.33. The molecule has 1 aliphatic heterocycles. The summed E-state index contributed by atoms with van der Waals surface area (Å²) in [5.74, 6) is 1.10. The molecule has 0 aliphatic carbocycles. The van der Waals surface area contributed by atoms with Crippen LogP contribution in [0.2, 0.25) is 0 Å². The van der Waals surface area contributed by atoms with E-state index in [1.165, 1.54) is 25.0 Å². The van der Waals surface area contributed by atoms with E-state index in [4.69, 9.17) is 4.98 Å². The fourth-order valence-corrected chi connectivity index (χ4v) is 3.69. The number of nitrogens with one attached hydrogen (secondary N) is 1. The summed E-state index contributed by atoms with van der Waals surface area (Å²) in [6, 6.07) is 8.65. The molecule has 2 aromatic heterocycles. The third-order valence-corrected chi connectivity index (χ3v) is 4.82. The number of imidazole rings is 1. The van der Waals surface area contributed by atoms with Crippen LogP contribution in [0.25, 0.3) is 11.0 Å². The minimum absolute atomic E-state index is 0.382. The van der Waals surface area contributed by atoms with Crippen LogP contribution in [0.3, 0.4) is 0 Å². The van der Waals surface area contributed by atoms with Crippen molar-refractivity contribution in [1.29, 1.82) is 0 Å². The second kappa shape index (κ2) is 5.58. The normalized spacial score (nSPS) is 20.1. The molecule has 1 saturated heterocycles. The van der Waals surface area contributed by atoms with Crippen LogP contribution >= 0.6 is 11.3 Å². The number of fused-ring (bicyclic) bond motifs is 1. The SMILES string of the molecule is c1ccc2[nH]c([C@@H]3CCCCN3Cc3cscn3)nc2c1. The van der Waals surface area contributed by atoms with E-state index in [0.29, 0.717) is 6.04 Å². The zero-order valence-electron chi connectivity index (χ0n) is 11.8. The second-order valence-corrected chi connectivity index (χ2v) is 6.32. The standard InChI is InChI=1S/C16H18N4S/c1-2-6-14-13(5-1)18-16(19-14)15-7-3-4-8-20(15)9-12-10-21-11-17-12/h1-2,5-6,10-11,15H,3-4,7-9H2,(H,18,19)/t15-/m0/s1. The van der Waals surface area contributed by atoms with Gasteiger partial charge in [0.25, 0.3) is 0 Å². The summed E-state index contributed by atoms with van der Waals surface area (Å²) in [6.45, 7) is 2.05. The van der Waals surface area contributed by atoms with Crippen molar-refractivity contribution in [1.82, 2.24) is 19.9 Å². The quantitative estimate of drug-likeness (QED) is 0.801. The summed E-state index contributed by atoms with van der Waals surface area (Å²) in [4.78, 5) is 15.2. The first-order valence-corrected chi connectivity index (χ1v) is 8.40. The maximum Gasteiger partial charge on any atom is 0.124 e. The summed E-state index contributed by atoms with van der Waals surface area (Å²) in [5, 5.41) is 2.14. The predicted molar refractivity (Wildman–Crippen MR) is 85.2 cm³/mol. The molecule has 0 amide bonds. The highest BCUT2D eigenvalue weighted by Crippen LogP contribution is 2.31. The van der Waals surface area contributed by atoms with Crippen LogP contribution in [0.15, 0.2) is 35.2 Å². The van der Waals surface area contributed by atoms with E-state index < -0.39 is 0 Å². The molecule has 1 aliphatic rings. The number of hydrogen-bond acceptors (Lipinski definition) is 4. The van der Waals surface area contributed by atoms with Crippen LogP contribution in [0.4, 0.5) is 0 Å². The lowest BCUT2D eigenvalue weighted by Crippen LogP contribution is -2.33. The maximum atomic E-state index is 4.80. The molecule has 0 radical (unpaired) electrons. The molecule has 0 saturated carbocycles. The first-order valence-electron chi connectivity index (χ1n) is 7.46. The van der Waals surface area contributed by atoms with E-state index in [2.05, 4.69) is 38.4 Å². The molecule has 0 unspecified atom stereocenters. The Hall–Kier alpha value is -1.72. The summed E-state index contributed by atoms with van der Waals surface area (Å²) in [5.41, 5.74) is 5.27. The van der Waals surface area contributed by atoms with Crippen LogP contribution in [0, 0.1) is 0 Å². The van der Waals surface area contributed by atoms with Crippen LogP contribution in [-0.2, 0) is 6.54 Å². The van der Waals surface area contributed by atoms with Crippen molar-refractivity contribution in [3.05, 3.63) is 46.7 Å². The molecule has 4 rings (SSSR count). The zero-order valence-corrected chi connectivity index (χ0v) is 12.6. The van der Waals surface area contributed by atoms with Gasteiger partial charge in [-0.3, -0.25) is 4.90 Å². The highest BCUT2D eigenvalue weighted by atomic mass is 32.1. The summed E-state index contributed by atoms with van der Waals surface area (Å²) >= 11 is 1.67. The second-order valence-electron chi connectivity index (χ2n) is 5.60. The monoisotopic (exact) mass is 298 g/mol. The molecule has 108 valence electrons. The number of aromatic amines is 1. The van der Waals surface area contributed by atoms with Crippen LogP contribution in [0.5, 0.6) is 0 Å². The van der Waals surface area contributed by atoms with Gasteiger partial charge in [-0.1, -0.05) is 18.6 Å². The Morgan fingerprint density at radius 3 is 3.10 bits per heavy atom. The fraction of sp³-hybridized carbons (Fsp3) is 0.375. The zero-order chi connectivity index (χ0) is 14.1. The first kappa shape index (κ1) is 13.0. The predicted octanol–water partition coefficient (Wildman–Crippen LogP) is 3.75. The van der Waals surface area contributed by atoms with Crippen molar-refractivity contribution in [2.75, 3.05) is 6.54 Å². The number of nitrogens with zero attached hydrogens (tertiary/aromatic N) is 3. The van der Waals surface area contributed by atoms with Gasteiger partial charge >= 0.3 is 0 Å². The number of hydrogen-bond donors (Lipinski definition) is 1. The smallest absolute Gasteiger partial charge is 0.124 e. The van der Waals surface area contributed by atoms with Crippen LogP contribution < -0.4 is 0 Å². The van der Waals surface area contributed by atoms with Gasteiger partial charge < -0.3 is 4.98 Å². The summed E-state index contributed by atoms with van der Waals surface area (Å²) < 4.78 is 0. The minimum Gasteiger partial charge on any atom is -0.341 e. The molecular weight excluding hydrogens is 280 g/mol.